The van der Waals surface area contributed by atoms with Crippen molar-refractivity contribution in [1.82, 2.24) is 10.3 Å². The van der Waals surface area contributed by atoms with Crippen LogP contribution in [0.15, 0.2) is 42.7 Å². The maximum absolute atomic E-state index is 12.0. The Kier molecular flexibility index (Phi) is 6.19. The van der Waals surface area contributed by atoms with E-state index in [4.69, 9.17) is 14.2 Å². The minimum Gasteiger partial charge on any atom is -0.493 e. The summed E-state index contributed by atoms with van der Waals surface area (Å²) in [6.45, 7) is 0.439. The van der Waals surface area contributed by atoms with E-state index in [0.29, 0.717) is 29.4 Å². The topological polar surface area (TPSA) is 69.7 Å². The largest absolute Gasteiger partial charge is 0.493 e. The summed E-state index contributed by atoms with van der Waals surface area (Å²) in [5.74, 6) is 1.35. The molecule has 1 aromatic heterocycles. The second-order valence-electron chi connectivity index (χ2n) is 4.83. The first-order valence-corrected chi connectivity index (χ1v) is 7.33. The van der Waals surface area contributed by atoms with Crippen molar-refractivity contribution >= 4 is 12.0 Å². The first kappa shape index (κ1) is 17.3. The highest BCUT2D eigenvalue weighted by molar-refractivity contribution is 5.92. The van der Waals surface area contributed by atoms with Crippen molar-refractivity contribution in [3.63, 3.8) is 0 Å². The van der Waals surface area contributed by atoms with Crippen LogP contribution in [0.2, 0.25) is 0 Å². The summed E-state index contributed by atoms with van der Waals surface area (Å²) in [4.78, 5) is 15.9. The summed E-state index contributed by atoms with van der Waals surface area (Å²) in [5, 5.41) is 2.81. The Morgan fingerprint density at radius 1 is 1.04 bits per heavy atom. The van der Waals surface area contributed by atoms with Crippen LogP contribution in [0.3, 0.4) is 0 Å². The van der Waals surface area contributed by atoms with Gasteiger partial charge in [-0.3, -0.25) is 9.78 Å². The molecule has 6 heteroatoms. The molecule has 2 rings (SSSR count). The lowest BCUT2D eigenvalue weighted by molar-refractivity contribution is -0.116. The molecule has 6 nitrogen and oxygen atoms in total. The van der Waals surface area contributed by atoms with Gasteiger partial charge in [-0.15, -0.1) is 0 Å². The van der Waals surface area contributed by atoms with E-state index in [1.165, 1.54) is 20.3 Å². The third-order valence-corrected chi connectivity index (χ3v) is 3.37. The Labute approximate surface area is 141 Å². The van der Waals surface area contributed by atoms with E-state index in [2.05, 4.69) is 10.3 Å². The Hall–Kier alpha value is -3.02. The fraction of sp³-hybridized carbons (Fsp3) is 0.222. The summed E-state index contributed by atoms with van der Waals surface area (Å²) in [5.41, 5.74) is 1.70. The van der Waals surface area contributed by atoms with Crippen LogP contribution in [-0.4, -0.2) is 32.2 Å². The number of amides is 1. The van der Waals surface area contributed by atoms with Crippen molar-refractivity contribution in [1.29, 1.82) is 0 Å². The zero-order chi connectivity index (χ0) is 17.4. The van der Waals surface area contributed by atoms with Gasteiger partial charge in [-0.1, -0.05) is 0 Å². The highest BCUT2D eigenvalue weighted by Crippen LogP contribution is 2.40. The van der Waals surface area contributed by atoms with Gasteiger partial charge in [-0.2, -0.15) is 0 Å². The average molecular weight is 328 g/mol. The average Bonchev–Trinajstić information content (AvgIpc) is 2.64. The highest BCUT2D eigenvalue weighted by atomic mass is 16.5. The molecule has 126 valence electrons. The molecule has 2 aromatic rings. The van der Waals surface area contributed by atoms with Crippen molar-refractivity contribution in [3.8, 4) is 17.2 Å². The van der Waals surface area contributed by atoms with Crippen molar-refractivity contribution in [2.45, 2.75) is 6.54 Å². The molecule has 0 bridgehead atoms. The maximum Gasteiger partial charge on any atom is 0.244 e. The van der Waals surface area contributed by atoms with E-state index in [1.807, 2.05) is 12.1 Å². The molecule has 24 heavy (non-hydrogen) atoms. The van der Waals surface area contributed by atoms with Crippen LogP contribution in [0, 0.1) is 0 Å². The molecule has 1 amide bonds. The number of aromatic nitrogens is 1. The normalized spacial score (nSPS) is 10.5. The Morgan fingerprint density at radius 2 is 1.75 bits per heavy atom. The molecule has 0 aliphatic rings. The van der Waals surface area contributed by atoms with Crippen LogP contribution in [0.5, 0.6) is 17.2 Å². The number of rotatable bonds is 7. The van der Waals surface area contributed by atoms with Gasteiger partial charge < -0.3 is 19.5 Å². The SMILES string of the molecule is COc1ccc(/C=C/C(=O)NCc2ccncc2)c(OC)c1OC. The van der Waals surface area contributed by atoms with Crippen LogP contribution < -0.4 is 19.5 Å². The maximum atomic E-state index is 12.0. The predicted molar refractivity (Wildman–Crippen MR) is 91.2 cm³/mol. The summed E-state index contributed by atoms with van der Waals surface area (Å²) in [7, 11) is 4.63. The molecule has 1 heterocycles. The van der Waals surface area contributed by atoms with Gasteiger partial charge >= 0.3 is 0 Å². The van der Waals surface area contributed by atoms with Gasteiger partial charge in [0.25, 0.3) is 0 Å². The number of carbonyl (C=O) groups is 1. The van der Waals surface area contributed by atoms with Crippen LogP contribution in [0.25, 0.3) is 6.08 Å². The number of benzene rings is 1. The number of hydrogen-bond acceptors (Lipinski definition) is 5. The van der Waals surface area contributed by atoms with Crippen molar-refractivity contribution in [3.05, 3.63) is 53.9 Å². The lowest BCUT2D eigenvalue weighted by Gasteiger charge is -2.13. The smallest absolute Gasteiger partial charge is 0.244 e. The van der Waals surface area contributed by atoms with Gasteiger partial charge in [-0.25, -0.2) is 0 Å². The molecule has 0 spiro atoms. The van der Waals surface area contributed by atoms with Crippen molar-refractivity contribution < 1.29 is 19.0 Å². The van der Waals surface area contributed by atoms with E-state index in [-0.39, 0.29) is 5.91 Å². The van der Waals surface area contributed by atoms with Gasteiger partial charge in [-0.05, 0) is 35.9 Å². The number of nitrogens with one attached hydrogen (secondary N) is 1. The third kappa shape index (κ3) is 4.25. The van der Waals surface area contributed by atoms with Gasteiger partial charge in [0.2, 0.25) is 11.7 Å². The van der Waals surface area contributed by atoms with E-state index in [9.17, 15) is 4.79 Å². The fourth-order valence-electron chi connectivity index (χ4n) is 2.17. The van der Waals surface area contributed by atoms with Gasteiger partial charge in [0.05, 0.1) is 21.3 Å². The first-order valence-electron chi connectivity index (χ1n) is 7.33. The molecular formula is C18H20N2O4. The van der Waals surface area contributed by atoms with Crippen molar-refractivity contribution in [2.75, 3.05) is 21.3 Å². The summed E-state index contributed by atoms with van der Waals surface area (Å²) in [6, 6.07) is 7.26. The monoisotopic (exact) mass is 328 g/mol. The second kappa shape index (κ2) is 8.57. The zero-order valence-corrected chi connectivity index (χ0v) is 13.9. The molecule has 1 aromatic carbocycles. The molecule has 0 unspecified atom stereocenters. The number of hydrogen-bond donors (Lipinski definition) is 1. The zero-order valence-electron chi connectivity index (χ0n) is 13.9. The minimum absolute atomic E-state index is 0.205. The molecule has 0 radical (unpaired) electrons. The molecule has 0 atom stereocenters. The standard InChI is InChI=1S/C18H20N2O4/c1-22-15-6-4-14(17(23-2)18(15)24-3)5-7-16(21)20-12-13-8-10-19-11-9-13/h4-11H,12H2,1-3H3,(H,20,21)/b7-5+. The molecule has 0 aliphatic carbocycles. The van der Waals surface area contributed by atoms with Crippen LogP contribution in [0.4, 0.5) is 0 Å². The van der Waals surface area contributed by atoms with Gasteiger partial charge in [0, 0.05) is 30.6 Å². The molecular weight excluding hydrogens is 308 g/mol. The van der Waals surface area contributed by atoms with Gasteiger partial charge in [0.15, 0.2) is 11.5 Å². The number of methoxy groups -OCH3 is 3. The summed E-state index contributed by atoms with van der Waals surface area (Å²) >= 11 is 0. The third-order valence-electron chi connectivity index (χ3n) is 3.37. The van der Waals surface area contributed by atoms with E-state index < -0.39 is 0 Å². The number of carbonyl (C=O) groups excluding carboxylic acids is 1. The minimum atomic E-state index is -0.205. The molecule has 0 fully saturated rings. The van der Waals surface area contributed by atoms with E-state index in [1.54, 1.807) is 37.7 Å². The van der Waals surface area contributed by atoms with Crippen molar-refractivity contribution in [2.24, 2.45) is 0 Å². The fourth-order valence-corrected chi connectivity index (χ4v) is 2.17. The summed E-state index contributed by atoms with van der Waals surface area (Å²) in [6.07, 6.45) is 6.49. The molecule has 0 saturated carbocycles. The molecule has 0 aliphatic heterocycles. The molecule has 0 saturated heterocycles. The first-order chi connectivity index (χ1) is 11.7. The van der Waals surface area contributed by atoms with Crippen LogP contribution in [0.1, 0.15) is 11.1 Å². The molecule has 1 N–H and O–H groups in total. The second-order valence-corrected chi connectivity index (χ2v) is 4.83. The number of ether oxygens (including phenoxy) is 3. The number of pyridine rings is 1. The lowest BCUT2D eigenvalue weighted by Crippen LogP contribution is -2.20. The predicted octanol–water partition coefficient (Wildman–Crippen LogP) is 2.44. The quantitative estimate of drug-likeness (QED) is 0.791. The Bertz CT molecular complexity index is 714. The highest BCUT2D eigenvalue weighted by Gasteiger charge is 2.14. The van der Waals surface area contributed by atoms with E-state index >= 15 is 0 Å². The number of nitrogens with zero attached hydrogens (tertiary/aromatic N) is 1. The Balaban J connectivity index is 2.09. The van der Waals surface area contributed by atoms with Gasteiger partial charge in [0.1, 0.15) is 0 Å². The van der Waals surface area contributed by atoms with Crippen LogP contribution >= 0.6 is 0 Å². The van der Waals surface area contributed by atoms with Crippen LogP contribution in [-0.2, 0) is 11.3 Å². The van der Waals surface area contributed by atoms with E-state index in [0.717, 1.165) is 5.56 Å². The Morgan fingerprint density at radius 3 is 2.38 bits per heavy atom. The lowest BCUT2D eigenvalue weighted by atomic mass is 10.1. The summed E-state index contributed by atoms with van der Waals surface area (Å²) < 4.78 is 15.9.